The predicted molar refractivity (Wildman–Crippen MR) is 112 cm³/mol. The average Bonchev–Trinajstić information content (AvgIpc) is 3.07. The van der Waals surface area contributed by atoms with Crippen molar-refractivity contribution in [1.82, 2.24) is 0 Å². The van der Waals surface area contributed by atoms with Gasteiger partial charge in [-0.25, -0.2) is 9.18 Å². The highest BCUT2D eigenvalue weighted by molar-refractivity contribution is 9.10. The molecule has 2 N–H and O–H groups in total. The van der Waals surface area contributed by atoms with Crippen LogP contribution in [0.4, 0.5) is 10.1 Å². The van der Waals surface area contributed by atoms with Gasteiger partial charge in [-0.2, -0.15) is 0 Å². The lowest BCUT2D eigenvalue weighted by Gasteiger charge is -2.24. The largest absolute Gasteiger partial charge is 0.496 e. The summed E-state index contributed by atoms with van der Waals surface area (Å²) in [5, 5.41) is 12.6. The number of carbonyl (C=O) groups excluding carboxylic acids is 1. The second-order valence-corrected chi connectivity index (χ2v) is 8.46. The molecule has 1 amide bonds. The van der Waals surface area contributed by atoms with Gasteiger partial charge in [0.2, 0.25) is 5.91 Å². The minimum absolute atomic E-state index is 0.112. The van der Waals surface area contributed by atoms with Crippen LogP contribution in [-0.4, -0.2) is 24.1 Å². The number of benzene rings is 2. The number of anilines is 1. The Morgan fingerprint density at radius 2 is 2.00 bits per heavy atom. The summed E-state index contributed by atoms with van der Waals surface area (Å²) in [5.74, 6) is -1.34. The first-order chi connectivity index (χ1) is 13.9. The highest BCUT2D eigenvalue weighted by Crippen LogP contribution is 2.49. The third-order valence-corrected chi connectivity index (χ3v) is 6.72. The van der Waals surface area contributed by atoms with Crippen LogP contribution in [0.15, 0.2) is 46.9 Å². The van der Waals surface area contributed by atoms with Crippen molar-refractivity contribution >= 4 is 44.8 Å². The Morgan fingerprint density at radius 3 is 2.62 bits per heavy atom. The van der Waals surface area contributed by atoms with Crippen LogP contribution in [0.3, 0.4) is 0 Å². The summed E-state index contributed by atoms with van der Waals surface area (Å²) < 4.78 is 19.4. The Hall–Kier alpha value is -2.71. The number of aromatic carboxylic acids is 1. The number of nitrogens with one attached hydrogen (secondary N) is 1. The van der Waals surface area contributed by atoms with Crippen molar-refractivity contribution in [3.63, 3.8) is 0 Å². The van der Waals surface area contributed by atoms with E-state index in [0.717, 1.165) is 26.3 Å². The maximum absolute atomic E-state index is 13.4. The Morgan fingerprint density at radius 1 is 1.28 bits per heavy atom. The molecule has 2 heterocycles. The van der Waals surface area contributed by atoms with Gasteiger partial charge in [-0.05, 0) is 51.3 Å². The second kappa shape index (κ2) is 7.61. The van der Waals surface area contributed by atoms with E-state index in [-0.39, 0.29) is 23.1 Å². The summed E-state index contributed by atoms with van der Waals surface area (Å²) in [6, 6.07) is 11.1. The van der Waals surface area contributed by atoms with Gasteiger partial charge in [0.1, 0.15) is 16.4 Å². The summed E-state index contributed by atoms with van der Waals surface area (Å²) in [4.78, 5) is 25.3. The highest BCUT2D eigenvalue weighted by atomic mass is 79.9. The fraction of sp³-hybridized carbons (Fsp3) is 0.143. The maximum atomic E-state index is 13.4. The lowest BCUT2D eigenvalue weighted by atomic mass is 9.88. The van der Waals surface area contributed by atoms with Gasteiger partial charge in [-0.3, -0.25) is 4.79 Å². The molecule has 1 atom stereocenters. The third kappa shape index (κ3) is 3.54. The van der Waals surface area contributed by atoms with Gasteiger partial charge in [0.15, 0.2) is 0 Å². The molecule has 3 aromatic rings. The van der Waals surface area contributed by atoms with Crippen LogP contribution in [0.25, 0.3) is 11.1 Å². The number of hydrogen-bond acceptors (Lipinski definition) is 4. The number of carboxylic acid groups (broad SMARTS) is 1. The van der Waals surface area contributed by atoms with Gasteiger partial charge in [0, 0.05) is 22.8 Å². The Labute approximate surface area is 178 Å². The number of methoxy groups -OCH3 is 1. The van der Waals surface area contributed by atoms with Crippen molar-refractivity contribution in [2.24, 2.45) is 0 Å². The number of carbonyl (C=O) groups is 2. The summed E-state index contributed by atoms with van der Waals surface area (Å²) in [7, 11) is 1.57. The molecule has 2 aromatic carbocycles. The molecular weight excluding hydrogens is 461 g/mol. The molecule has 0 bridgehead atoms. The lowest BCUT2D eigenvalue weighted by Crippen LogP contribution is -2.22. The first-order valence-electron chi connectivity index (χ1n) is 8.68. The molecule has 1 aliphatic rings. The van der Waals surface area contributed by atoms with Crippen LogP contribution in [0.2, 0.25) is 0 Å². The van der Waals surface area contributed by atoms with Crippen LogP contribution < -0.4 is 10.1 Å². The minimum Gasteiger partial charge on any atom is -0.496 e. The molecule has 5 nitrogen and oxygen atoms in total. The molecule has 148 valence electrons. The Balaban J connectivity index is 1.90. The lowest BCUT2D eigenvalue weighted by molar-refractivity contribution is -0.116. The topological polar surface area (TPSA) is 75.6 Å². The van der Waals surface area contributed by atoms with Crippen LogP contribution in [0.5, 0.6) is 5.75 Å². The van der Waals surface area contributed by atoms with Crippen LogP contribution >= 0.6 is 27.3 Å². The molecule has 8 heteroatoms. The molecule has 0 radical (unpaired) electrons. The number of hydrogen-bond donors (Lipinski definition) is 2. The van der Waals surface area contributed by atoms with Crippen molar-refractivity contribution in [2.45, 2.75) is 12.3 Å². The second-order valence-electron chi connectivity index (χ2n) is 6.56. The third-order valence-electron chi connectivity index (χ3n) is 4.81. The van der Waals surface area contributed by atoms with Crippen molar-refractivity contribution < 1.29 is 23.8 Å². The van der Waals surface area contributed by atoms with Crippen molar-refractivity contribution in [1.29, 1.82) is 0 Å². The zero-order valence-corrected chi connectivity index (χ0v) is 17.6. The van der Waals surface area contributed by atoms with E-state index in [1.54, 1.807) is 13.2 Å². The summed E-state index contributed by atoms with van der Waals surface area (Å²) in [5.41, 5.74) is 2.30. The average molecular weight is 476 g/mol. The van der Waals surface area contributed by atoms with E-state index < -0.39 is 11.8 Å². The molecule has 0 aliphatic carbocycles. The highest BCUT2D eigenvalue weighted by Gasteiger charge is 2.34. The van der Waals surface area contributed by atoms with Crippen LogP contribution in [0.1, 0.15) is 32.5 Å². The number of fused-ring (bicyclic) bond motifs is 1. The quantitative estimate of drug-likeness (QED) is 0.522. The van der Waals surface area contributed by atoms with E-state index in [9.17, 15) is 19.1 Å². The Kier molecular flexibility index (Phi) is 5.14. The summed E-state index contributed by atoms with van der Waals surface area (Å²) >= 11 is 4.60. The zero-order valence-electron chi connectivity index (χ0n) is 15.2. The SMILES string of the molecule is COc1ccc([C@H]2CC(=O)Nc3c2sc(C(=O)O)c3-c2ccc(F)cc2)cc1Br. The molecule has 4 rings (SSSR count). The molecule has 0 fully saturated rings. The number of amides is 1. The summed E-state index contributed by atoms with van der Waals surface area (Å²) in [6.45, 7) is 0. The Bertz CT molecular complexity index is 1130. The van der Waals surface area contributed by atoms with E-state index in [1.807, 2.05) is 12.1 Å². The van der Waals surface area contributed by atoms with E-state index >= 15 is 0 Å². The van der Waals surface area contributed by atoms with E-state index in [2.05, 4.69) is 21.2 Å². The predicted octanol–water partition coefficient (Wildman–Crippen LogP) is 5.50. The molecule has 0 unspecified atom stereocenters. The van der Waals surface area contributed by atoms with Gasteiger partial charge in [-0.15, -0.1) is 11.3 Å². The van der Waals surface area contributed by atoms with E-state index in [1.165, 1.54) is 24.3 Å². The summed E-state index contributed by atoms with van der Waals surface area (Å²) in [6.07, 6.45) is 0.203. The van der Waals surface area contributed by atoms with Crippen molar-refractivity contribution in [3.05, 3.63) is 68.1 Å². The first-order valence-corrected chi connectivity index (χ1v) is 10.3. The van der Waals surface area contributed by atoms with E-state index in [0.29, 0.717) is 22.6 Å². The fourth-order valence-electron chi connectivity index (χ4n) is 3.50. The monoisotopic (exact) mass is 475 g/mol. The molecule has 1 aromatic heterocycles. The minimum atomic E-state index is -1.09. The van der Waals surface area contributed by atoms with Gasteiger partial charge >= 0.3 is 5.97 Å². The number of carboxylic acids is 1. The molecule has 1 aliphatic heterocycles. The van der Waals surface area contributed by atoms with Gasteiger partial charge < -0.3 is 15.2 Å². The first kappa shape index (κ1) is 19.6. The number of ether oxygens (including phenoxy) is 1. The molecule has 0 saturated carbocycles. The maximum Gasteiger partial charge on any atom is 0.346 e. The fourth-order valence-corrected chi connectivity index (χ4v) is 5.30. The molecule has 29 heavy (non-hydrogen) atoms. The van der Waals surface area contributed by atoms with E-state index in [4.69, 9.17) is 4.74 Å². The number of rotatable bonds is 4. The van der Waals surface area contributed by atoms with Gasteiger partial charge in [0.05, 0.1) is 17.3 Å². The molecule has 0 spiro atoms. The molecular formula is C21H15BrFNO4S. The van der Waals surface area contributed by atoms with Gasteiger partial charge in [0.25, 0.3) is 0 Å². The molecule has 0 saturated heterocycles. The normalized spacial score (nSPS) is 15.6. The number of halogens is 2. The number of thiophene rings is 1. The van der Waals surface area contributed by atoms with Crippen molar-refractivity contribution in [2.75, 3.05) is 12.4 Å². The van der Waals surface area contributed by atoms with Crippen molar-refractivity contribution in [3.8, 4) is 16.9 Å². The smallest absolute Gasteiger partial charge is 0.346 e. The van der Waals surface area contributed by atoms with Gasteiger partial charge in [-0.1, -0.05) is 18.2 Å². The zero-order chi connectivity index (χ0) is 20.7. The van der Waals surface area contributed by atoms with Crippen LogP contribution in [0, 0.1) is 5.82 Å². The standard InChI is InChI=1S/C21H15BrFNO4S/c1-28-15-7-4-11(8-14(15)22)13-9-16(25)24-18-17(10-2-5-12(23)6-3-10)20(21(26)27)29-19(13)18/h2-8,13H,9H2,1H3,(H,24,25)(H,26,27)/t13-/m1/s1. The van der Waals surface area contributed by atoms with Crippen LogP contribution in [-0.2, 0) is 4.79 Å².